The fourth-order valence-electron chi connectivity index (χ4n) is 0.0823. The Balaban J connectivity index is 0. The zero-order chi connectivity index (χ0) is 4.99. The Hall–Kier alpha value is 0.905. The number of hydrogen-bond donors (Lipinski definition) is 1. The van der Waals surface area contributed by atoms with E-state index in [1.54, 1.807) is 0 Å². The van der Waals surface area contributed by atoms with Gasteiger partial charge in [-0.1, -0.05) is 0 Å². The second kappa shape index (κ2) is 6.90. The Morgan fingerprint density at radius 3 is 2.14 bits per heavy atom. The monoisotopic (exact) mass is 114 g/mol. The van der Waals surface area contributed by atoms with Gasteiger partial charge >= 0.3 is 36.9 Å². The Bertz CT molecular complexity index is 32.9. The molecule has 0 spiro atoms. The van der Waals surface area contributed by atoms with Gasteiger partial charge in [-0.3, -0.25) is 9.69 Å². The molecule has 36 valence electrons. The van der Waals surface area contributed by atoms with Crippen LogP contribution in [0.5, 0.6) is 0 Å². The maximum absolute atomic E-state index is 9.34. The van der Waals surface area contributed by atoms with Crippen molar-refractivity contribution in [3.63, 3.8) is 0 Å². The van der Waals surface area contributed by atoms with E-state index in [-0.39, 0.29) is 29.6 Å². The van der Waals surface area contributed by atoms with E-state index < -0.39 is 7.32 Å². The predicted octanol–water partition coefficient (Wildman–Crippen LogP) is -5.09. The van der Waals surface area contributed by atoms with Crippen molar-refractivity contribution >= 4 is 7.32 Å². The van der Waals surface area contributed by atoms with Gasteiger partial charge in [0.2, 0.25) is 0 Å². The standard InChI is InChI=1S/CH4BO4.Na/c1-5-6-2(3)4;/h3H,1H3;/q-1;+1. The third-order valence-corrected chi connectivity index (χ3v) is 0.179. The first-order chi connectivity index (χ1) is 2.77. The summed E-state index contributed by atoms with van der Waals surface area (Å²) in [7, 11) is -0.934. The summed E-state index contributed by atoms with van der Waals surface area (Å²) in [5.41, 5.74) is 0. The van der Waals surface area contributed by atoms with Crippen LogP contribution in [0.25, 0.3) is 0 Å². The second-order valence-electron chi connectivity index (χ2n) is 0.570. The molecule has 6 heteroatoms. The van der Waals surface area contributed by atoms with Crippen molar-refractivity contribution in [3.8, 4) is 0 Å². The van der Waals surface area contributed by atoms with Gasteiger partial charge in [-0.15, -0.1) is 0 Å². The minimum atomic E-state index is -2.07. The van der Waals surface area contributed by atoms with E-state index >= 15 is 0 Å². The molecular formula is CH4BNaO4. The van der Waals surface area contributed by atoms with Crippen molar-refractivity contribution < 1.29 is 49.3 Å². The number of rotatable bonds is 2. The van der Waals surface area contributed by atoms with Crippen molar-refractivity contribution in [1.29, 1.82) is 0 Å². The zero-order valence-corrected chi connectivity index (χ0v) is 6.25. The maximum atomic E-state index is 9.34. The van der Waals surface area contributed by atoms with Crippen LogP contribution in [-0.4, -0.2) is 19.5 Å². The molecule has 0 bridgehead atoms. The molecule has 0 aliphatic carbocycles. The number of hydrogen-bond acceptors (Lipinski definition) is 4. The molecule has 0 aromatic heterocycles. The van der Waals surface area contributed by atoms with E-state index in [1.165, 1.54) is 0 Å². The fraction of sp³-hybridized carbons (Fsp3) is 1.00. The fourth-order valence-corrected chi connectivity index (χ4v) is 0.0823. The summed E-state index contributed by atoms with van der Waals surface area (Å²) in [6, 6.07) is 0. The van der Waals surface area contributed by atoms with E-state index in [0.29, 0.717) is 0 Å². The summed E-state index contributed by atoms with van der Waals surface area (Å²) in [6.45, 7) is 0. The van der Waals surface area contributed by atoms with Crippen molar-refractivity contribution in [2.45, 2.75) is 0 Å². The van der Waals surface area contributed by atoms with Crippen LogP contribution >= 0.6 is 0 Å². The van der Waals surface area contributed by atoms with E-state index in [4.69, 9.17) is 5.02 Å². The molecular weight excluding hydrogens is 110 g/mol. The molecule has 1 N–H and O–H groups in total. The Labute approximate surface area is 63.8 Å². The topological polar surface area (TPSA) is 61.8 Å². The molecule has 0 aromatic carbocycles. The Morgan fingerprint density at radius 1 is 1.71 bits per heavy atom. The minimum absolute atomic E-state index is 0. The summed E-state index contributed by atoms with van der Waals surface area (Å²) in [5.74, 6) is 0. The molecule has 0 fully saturated rings. The average Bonchev–Trinajstić information content (AvgIpc) is 1.35. The van der Waals surface area contributed by atoms with Crippen LogP contribution in [-0.2, 0) is 9.69 Å². The van der Waals surface area contributed by atoms with E-state index in [9.17, 15) is 5.02 Å². The van der Waals surface area contributed by atoms with Gasteiger partial charge in [0.15, 0.2) is 0 Å². The first-order valence-electron chi connectivity index (χ1n) is 1.30. The minimum Gasteiger partial charge on any atom is -0.830 e. The van der Waals surface area contributed by atoms with Crippen molar-refractivity contribution in [1.82, 2.24) is 0 Å². The summed E-state index contributed by atoms with van der Waals surface area (Å²) in [4.78, 5) is 7.28. The van der Waals surface area contributed by atoms with Gasteiger partial charge in [0.25, 0.3) is 0 Å². The molecule has 0 aromatic rings. The summed E-state index contributed by atoms with van der Waals surface area (Å²) >= 11 is 0. The zero-order valence-electron chi connectivity index (χ0n) is 4.25. The SMILES string of the molecule is COOB([O-])O.[Na+]. The summed E-state index contributed by atoms with van der Waals surface area (Å²) in [6.07, 6.45) is 0. The van der Waals surface area contributed by atoms with Gasteiger partial charge in [-0.2, -0.15) is 0 Å². The summed E-state index contributed by atoms with van der Waals surface area (Å²) < 4.78 is 0. The average molecular weight is 114 g/mol. The first kappa shape index (κ1) is 10.8. The predicted molar refractivity (Wildman–Crippen MR) is 16.1 cm³/mol. The molecule has 0 saturated carbocycles. The second-order valence-corrected chi connectivity index (χ2v) is 0.570. The van der Waals surface area contributed by atoms with Crippen LogP contribution in [0.3, 0.4) is 0 Å². The Kier molecular flexibility index (Phi) is 10.7. The van der Waals surface area contributed by atoms with Crippen molar-refractivity contribution in [2.75, 3.05) is 7.11 Å². The Morgan fingerprint density at radius 2 is 2.14 bits per heavy atom. The maximum Gasteiger partial charge on any atom is 1.00 e. The van der Waals surface area contributed by atoms with Crippen LogP contribution in [0.2, 0.25) is 0 Å². The van der Waals surface area contributed by atoms with Crippen LogP contribution in [0.15, 0.2) is 0 Å². The molecule has 0 unspecified atom stereocenters. The quantitative estimate of drug-likeness (QED) is 0.221. The largest absolute Gasteiger partial charge is 1.00 e. The van der Waals surface area contributed by atoms with Gasteiger partial charge in [0, 0.05) is 0 Å². The van der Waals surface area contributed by atoms with Crippen LogP contribution in [0.4, 0.5) is 0 Å². The van der Waals surface area contributed by atoms with Gasteiger partial charge < -0.3 is 10.0 Å². The van der Waals surface area contributed by atoms with Crippen molar-refractivity contribution in [3.05, 3.63) is 0 Å². The third kappa shape index (κ3) is 10.9. The molecule has 0 rings (SSSR count). The third-order valence-electron chi connectivity index (χ3n) is 0.179. The molecule has 0 atom stereocenters. The molecule has 0 amide bonds. The van der Waals surface area contributed by atoms with Gasteiger partial charge in [-0.25, -0.2) is 0 Å². The van der Waals surface area contributed by atoms with Crippen LogP contribution < -0.4 is 34.6 Å². The van der Waals surface area contributed by atoms with Crippen LogP contribution in [0, 0.1) is 0 Å². The van der Waals surface area contributed by atoms with E-state index in [0.717, 1.165) is 7.11 Å². The first-order valence-corrected chi connectivity index (χ1v) is 1.30. The molecule has 0 heterocycles. The van der Waals surface area contributed by atoms with E-state index in [2.05, 4.69) is 9.69 Å². The molecule has 0 radical (unpaired) electrons. The van der Waals surface area contributed by atoms with Gasteiger partial charge in [0.1, 0.15) is 0 Å². The normalized spacial score (nSPS) is 7.29. The molecule has 0 aliphatic heterocycles. The smallest absolute Gasteiger partial charge is 0.830 e. The van der Waals surface area contributed by atoms with Gasteiger partial charge in [0.05, 0.1) is 7.11 Å². The molecule has 0 aliphatic rings. The van der Waals surface area contributed by atoms with Crippen LogP contribution in [0.1, 0.15) is 0 Å². The summed E-state index contributed by atoms with van der Waals surface area (Å²) in [5, 5.41) is 17.0. The molecule has 7 heavy (non-hydrogen) atoms. The molecule has 0 saturated heterocycles. The van der Waals surface area contributed by atoms with E-state index in [1.807, 2.05) is 0 Å². The van der Waals surface area contributed by atoms with Crippen molar-refractivity contribution in [2.24, 2.45) is 0 Å². The van der Waals surface area contributed by atoms with Gasteiger partial charge in [-0.05, 0) is 0 Å². The molecule has 4 nitrogen and oxygen atoms in total.